The number of nitrogens with one attached hydrogen (secondary N) is 2. The SMILES string of the molecule is NC(=O)NCC1CCCN(C(=O)Nc2nnc(C3CC3)s2)C1. The minimum absolute atomic E-state index is 0.151. The average Bonchev–Trinajstić information content (AvgIpc) is 3.26. The molecule has 2 heterocycles. The predicted molar refractivity (Wildman–Crippen MR) is 82.8 cm³/mol. The number of carbonyl (C=O) groups is 2. The summed E-state index contributed by atoms with van der Waals surface area (Å²) >= 11 is 1.46. The third-order valence-electron chi connectivity index (χ3n) is 3.95. The molecule has 1 atom stereocenters. The monoisotopic (exact) mass is 324 g/mol. The van der Waals surface area contributed by atoms with Crippen LogP contribution in [0.3, 0.4) is 0 Å². The van der Waals surface area contributed by atoms with E-state index in [1.54, 1.807) is 4.90 Å². The van der Waals surface area contributed by atoms with Gasteiger partial charge in [-0.15, -0.1) is 10.2 Å². The van der Waals surface area contributed by atoms with Gasteiger partial charge in [0, 0.05) is 25.6 Å². The molecule has 4 amide bonds. The highest BCUT2D eigenvalue weighted by atomic mass is 32.1. The highest BCUT2D eigenvalue weighted by molar-refractivity contribution is 7.15. The van der Waals surface area contributed by atoms with Crippen molar-refractivity contribution in [2.75, 3.05) is 25.0 Å². The van der Waals surface area contributed by atoms with E-state index in [0.717, 1.165) is 17.8 Å². The number of piperidine rings is 1. The normalized spacial score (nSPS) is 21.5. The number of likely N-dealkylation sites (tertiary alicyclic amines) is 1. The third kappa shape index (κ3) is 3.85. The second-order valence-corrected chi connectivity index (χ2v) is 6.86. The van der Waals surface area contributed by atoms with E-state index >= 15 is 0 Å². The maximum Gasteiger partial charge on any atom is 0.323 e. The quantitative estimate of drug-likeness (QED) is 0.775. The molecule has 0 aromatic carbocycles. The zero-order valence-corrected chi connectivity index (χ0v) is 13.1. The van der Waals surface area contributed by atoms with Gasteiger partial charge in [-0.05, 0) is 31.6 Å². The minimum Gasteiger partial charge on any atom is -0.352 e. The summed E-state index contributed by atoms with van der Waals surface area (Å²) in [5, 5.41) is 15.1. The molecule has 22 heavy (non-hydrogen) atoms. The van der Waals surface area contributed by atoms with E-state index < -0.39 is 6.03 Å². The smallest absolute Gasteiger partial charge is 0.323 e. The molecule has 2 fully saturated rings. The van der Waals surface area contributed by atoms with E-state index in [2.05, 4.69) is 20.8 Å². The fraction of sp³-hybridized carbons (Fsp3) is 0.692. The van der Waals surface area contributed by atoms with Gasteiger partial charge in [-0.25, -0.2) is 9.59 Å². The molecule has 1 saturated heterocycles. The number of hydrogen-bond donors (Lipinski definition) is 3. The second-order valence-electron chi connectivity index (χ2n) is 5.85. The third-order valence-corrected chi connectivity index (χ3v) is 4.95. The molecule has 1 aromatic rings. The number of anilines is 1. The lowest BCUT2D eigenvalue weighted by atomic mass is 9.98. The average molecular weight is 324 g/mol. The summed E-state index contributed by atoms with van der Waals surface area (Å²) in [6, 6.07) is -0.676. The number of rotatable bonds is 4. The van der Waals surface area contributed by atoms with Crippen LogP contribution < -0.4 is 16.4 Å². The number of nitrogens with two attached hydrogens (primary N) is 1. The van der Waals surface area contributed by atoms with Crippen molar-refractivity contribution in [3.05, 3.63) is 5.01 Å². The molecule has 120 valence electrons. The van der Waals surface area contributed by atoms with Crippen LogP contribution in [-0.2, 0) is 0 Å². The van der Waals surface area contributed by atoms with Crippen molar-refractivity contribution < 1.29 is 9.59 Å². The maximum absolute atomic E-state index is 12.3. The van der Waals surface area contributed by atoms with Crippen molar-refractivity contribution in [1.29, 1.82) is 0 Å². The van der Waals surface area contributed by atoms with Crippen LogP contribution in [0.2, 0.25) is 0 Å². The number of hydrogen-bond acceptors (Lipinski definition) is 5. The first kappa shape index (κ1) is 15.0. The summed E-state index contributed by atoms with van der Waals surface area (Å²) in [5.74, 6) is 0.783. The summed E-state index contributed by atoms with van der Waals surface area (Å²) in [6.07, 6.45) is 4.24. The molecule has 8 nitrogen and oxygen atoms in total. The van der Waals surface area contributed by atoms with E-state index in [9.17, 15) is 9.59 Å². The molecule has 2 aliphatic rings. The topological polar surface area (TPSA) is 113 Å². The molecule has 0 spiro atoms. The Kier molecular flexibility index (Phi) is 4.41. The first-order valence-electron chi connectivity index (χ1n) is 7.54. The Morgan fingerprint density at radius 2 is 2.14 bits per heavy atom. The summed E-state index contributed by atoms with van der Waals surface area (Å²) in [5.41, 5.74) is 5.08. The molecule has 1 aromatic heterocycles. The van der Waals surface area contributed by atoms with E-state index in [4.69, 9.17) is 5.73 Å². The van der Waals surface area contributed by atoms with Crippen LogP contribution in [0.4, 0.5) is 14.7 Å². The molecular formula is C13H20N6O2S. The largest absolute Gasteiger partial charge is 0.352 e. The molecule has 1 aliphatic carbocycles. The van der Waals surface area contributed by atoms with Gasteiger partial charge in [-0.1, -0.05) is 11.3 Å². The Bertz CT molecular complexity index is 558. The molecule has 1 saturated carbocycles. The number of urea groups is 2. The zero-order chi connectivity index (χ0) is 15.5. The van der Waals surface area contributed by atoms with Crippen LogP contribution in [0.25, 0.3) is 0 Å². The van der Waals surface area contributed by atoms with Gasteiger partial charge in [0.2, 0.25) is 5.13 Å². The zero-order valence-electron chi connectivity index (χ0n) is 12.2. The van der Waals surface area contributed by atoms with Gasteiger partial charge in [-0.2, -0.15) is 0 Å². The molecule has 3 rings (SSSR count). The summed E-state index contributed by atoms with van der Waals surface area (Å²) in [4.78, 5) is 24.8. The second kappa shape index (κ2) is 6.47. The number of primary amides is 1. The van der Waals surface area contributed by atoms with Gasteiger partial charge in [0.15, 0.2) is 0 Å². The van der Waals surface area contributed by atoms with Crippen molar-refractivity contribution in [2.45, 2.75) is 31.6 Å². The van der Waals surface area contributed by atoms with Crippen LogP contribution in [0, 0.1) is 5.92 Å². The van der Waals surface area contributed by atoms with Crippen molar-refractivity contribution in [2.24, 2.45) is 11.7 Å². The molecule has 1 aliphatic heterocycles. The Morgan fingerprint density at radius 3 is 2.86 bits per heavy atom. The Hall–Kier alpha value is -1.90. The minimum atomic E-state index is -0.525. The Balaban J connectivity index is 1.50. The fourth-order valence-electron chi connectivity index (χ4n) is 2.61. The van der Waals surface area contributed by atoms with Crippen molar-refractivity contribution >= 4 is 28.5 Å². The van der Waals surface area contributed by atoms with E-state index in [1.807, 2.05) is 0 Å². The Morgan fingerprint density at radius 1 is 1.32 bits per heavy atom. The number of amides is 4. The lowest BCUT2D eigenvalue weighted by molar-refractivity contribution is 0.176. The summed E-state index contributed by atoms with van der Waals surface area (Å²) < 4.78 is 0. The van der Waals surface area contributed by atoms with Crippen LogP contribution in [0.5, 0.6) is 0 Å². The van der Waals surface area contributed by atoms with Crippen LogP contribution in [-0.4, -0.2) is 46.8 Å². The van der Waals surface area contributed by atoms with E-state index in [0.29, 0.717) is 30.7 Å². The lowest BCUT2D eigenvalue weighted by Crippen LogP contribution is -2.46. The molecule has 4 N–H and O–H groups in total. The maximum atomic E-state index is 12.3. The van der Waals surface area contributed by atoms with Crippen molar-refractivity contribution in [3.63, 3.8) is 0 Å². The molecule has 0 radical (unpaired) electrons. The first-order chi connectivity index (χ1) is 10.6. The number of aromatic nitrogens is 2. The van der Waals surface area contributed by atoms with Crippen LogP contribution >= 0.6 is 11.3 Å². The molecule has 0 bridgehead atoms. The van der Waals surface area contributed by atoms with Gasteiger partial charge in [-0.3, -0.25) is 5.32 Å². The van der Waals surface area contributed by atoms with Crippen LogP contribution in [0.1, 0.15) is 36.6 Å². The van der Waals surface area contributed by atoms with Gasteiger partial charge >= 0.3 is 12.1 Å². The fourth-order valence-corrected chi connectivity index (χ4v) is 3.51. The van der Waals surface area contributed by atoms with Gasteiger partial charge in [0.25, 0.3) is 0 Å². The van der Waals surface area contributed by atoms with Gasteiger partial charge in [0.05, 0.1) is 0 Å². The number of carbonyl (C=O) groups excluding carboxylic acids is 2. The van der Waals surface area contributed by atoms with Crippen molar-refractivity contribution in [3.8, 4) is 0 Å². The molecule has 9 heteroatoms. The van der Waals surface area contributed by atoms with Gasteiger partial charge in [0.1, 0.15) is 5.01 Å². The van der Waals surface area contributed by atoms with Gasteiger partial charge < -0.3 is 16.0 Å². The lowest BCUT2D eigenvalue weighted by Gasteiger charge is -2.32. The van der Waals surface area contributed by atoms with Crippen LogP contribution in [0.15, 0.2) is 0 Å². The van der Waals surface area contributed by atoms with E-state index in [1.165, 1.54) is 24.2 Å². The highest BCUT2D eigenvalue weighted by Gasteiger charge is 2.28. The number of nitrogens with zero attached hydrogens (tertiary/aromatic N) is 3. The predicted octanol–water partition coefficient (Wildman–Crippen LogP) is 1.33. The summed E-state index contributed by atoms with van der Waals surface area (Å²) in [6.45, 7) is 1.83. The molecular weight excluding hydrogens is 304 g/mol. The first-order valence-corrected chi connectivity index (χ1v) is 8.36. The Labute approximate surface area is 132 Å². The van der Waals surface area contributed by atoms with Crippen molar-refractivity contribution in [1.82, 2.24) is 20.4 Å². The highest BCUT2D eigenvalue weighted by Crippen LogP contribution is 2.42. The van der Waals surface area contributed by atoms with E-state index in [-0.39, 0.29) is 11.9 Å². The summed E-state index contributed by atoms with van der Waals surface area (Å²) in [7, 11) is 0. The standard InChI is InChI=1S/C13H20N6O2S/c14-11(20)15-6-8-2-1-5-19(7-8)13(21)16-12-18-17-10(22-12)9-3-4-9/h8-9H,1-7H2,(H3,14,15,20)(H,16,18,21). The molecule has 1 unspecified atom stereocenters.